The van der Waals surface area contributed by atoms with Gasteiger partial charge in [-0.3, -0.25) is 9.55 Å². The van der Waals surface area contributed by atoms with Gasteiger partial charge in [-0.2, -0.15) is 31.4 Å². The number of carbonyl (C=O) groups is 1. The molecule has 2 aromatic rings. The van der Waals surface area contributed by atoms with Crippen molar-refractivity contribution in [2.24, 2.45) is 5.92 Å². The second kappa shape index (κ2) is 7.76. The van der Waals surface area contributed by atoms with Crippen LogP contribution in [0.4, 0.5) is 26.3 Å². The van der Waals surface area contributed by atoms with E-state index in [1.54, 1.807) is 0 Å². The molecule has 30 heavy (non-hydrogen) atoms. The highest BCUT2D eigenvalue weighted by molar-refractivity contribution is 5.74. The molecule has 2 atom stereocenters. The van der Waals surface area contributed by atoms with Gasteiger partial charge in [0.05, 0.1) is 19.1 Å². The molecule has 0 fully saturated rings. The average Bonchev–Trinajstić information content (AvgIpc) is 2.96. The third-order valence-electron chi connectivity index (χ3n) is 4.66. The van der Waals surface area contributed by atoms with Crippen molar-refractivity contribution in [2.45, 2.75) is 44.7 Å². The minimum Gasteiger partial charge on any atom is -0.464 e. The van der Waals surface area contributed by atoms with Crippen LogP contribution >= 0.6 is 0 Å². The van der Waals surface area contributed by atoms with Gasteiger partial charge in [-0.1, -0.05) is 6.07 Å². The predicted molar refractivity (Wildman–Crippen MR) is 88.4 cm³/mol. The Morgan fingerprint density at radius 3 is 2.47 bits per heavy atom. The fourth-order valence-corrected chi connectivity index (χ4v) is 3.25. The number of esters is 1. The first-order chi connectivity index (χ1) is 13.9. The lowest BCUT2D eigenvalue weighted by Gasteiger charge is -2.29. The number of nitrogens with zero attached hydrogens (tertiary/aromatic N) is 4. The van der Waals surface area contributed by atoms with Crippen LogP contribution < -0.4 is 5.69 Å². The number of alkyl halides is 6. The van der Waals surface area contributed by atoms with E-state index in [2.05, 4.69) is 10.1 Å². The monoisotopic (exact) mass is 438 g/mol. The van der Waals surface area contributed by atoms with Crippen LogP contribution in [0.5, 0.6) is 0 Å². The van der Waals surface area contributed by atoms with Crippen LogP contribution in [0.2, 0.25) is 0 Å². The Morgan fingerprint density at radius 2 is 1.93 bits per heavy atom. The van der Waals surface area contributed by atoms with Crippen LogP contribution in [-0.2, 0) is 28.7 Å². The largest absolute Gasteiger partial charge is 0.464 e. The summed E-state index contributed by atoms with van der Waals surface area (Å²) in [4.78, 5) is 28.1. The second-order valence-electron chi connectivity index (χ2n) is 6.72. The van der Waals surface area contributed by atoms with Gasteiger partial charge in [-0.05, 0) is 25.0 Å². The molecule has 0 aromatic carbocycles. The minimum atomic E-state index is -4.64. The van der Waals surface area contributed by atoms with Crippen LogP contribution in [0.1, 0.15) is 36.5 Å². The Kier molecular flexibility index (Phi) is 5.65. The fourth-order valence-electron chi connectivity index (χ4n) is 3.25. The number of rotatable bonds is 4. The first-order valence-corrected chi connectivity index (χ1v) is 8.85. The lowest BCUT2D eigenvalue weighted by molar-refractivity contribution is -0.184. The lowest BCUT2D eigenvalue weighted by Crippen LogP contribution is -2.41. The molecule has 13 heteroatoms. The van der Waals surface area contributed by atoms with Crippen molar-refractivity contribution in [1.82, 2.24) is 19.3 Å². The van der Waals surface area contributed by atoms with E-state index in [9.17, 15) is 35.9 Å². The van der Waals surface area contributed by atoms with Crippen molar-refractivity contribution in [3.05, 3.63) is 45.9 Å². The zero-order chi connectivity index (χ0) is 22.3. The van der Waals surface area contributed by atoms with E-state index < -0.39 is 54.5 Å². The number of hydrogen-bond donors (Lipinski definition) is 0. The normalized spacial score (nSPS) is 19.4. The van der Waals surface area contributed by atoms with Crippen LogP contribution in [-0.4, -0.2) is 38.1 Å². The van der Waals surface area contributed by atoms with E-state index in [0.717, 1.165) is 27.6 Å². The quantitative estimate of drug-likeness (QED) is 0.542. The molecule has 2 aromatic heterocycles. The highest BCUT2D eigenvalue weighted by Gasteiger charge is 2.47. The van der Waals surface area contributed by atoms with Gasteiger partial charge < -0.3 is 4.74 Å². The molecular formula is C17H16F6N4O3. The molecule has 0 aliphatic carbocycles. The van der Waals surface area contributed by atoms with Gasteiger partial charge in [0, 0.05) is 12.6 Å². The summed E-state index contributed by atoms with van der Waals surface area (Å²) in [7, 11) is 0. The molecule has 0 saturated heterocycles. The molecule has 7 nitrogen and oxygen atoms in total. The maximum absolute atomic E-state index is 13.3. The van der Waals surface area contributed by atoms with Gasteiger partial charge in [-0.25, -0.2) is 14.3 Å². The molecular weight excluding hydrogens is 422 g/mol. The van der Waals surface area contributed by atoms with Crippen LogP contribution in [0, 0.1) is 5.92 Å². The summed E-state index contributed by atoms with van der Waals surface area (Å²) in [5, 5.41) is 3.88. The molecule has 0 radical (unpaired) electrons. The lowest BCUT2D eigenvalue weighted by atomic mass is 9.91. The molecule has 3 heterocycles. The Balaban J connectivity index is 1.95. The topological polar surface area (TPSA) is 79.0 Å². The summed E-state index contributed by atoms with van der Waals surface area (Å²) in [5.74, 6) is -3.11. The standard InChI is InChI=1S/C17H16F6N4O3/c1-2-30-14(28)11-5-10(16(18,19)20)6-13-25-26(15(29)27(11)13)8-9-3-4-12(24-7-9)17(21,22)23/h3-4,7,10-11H,2,5-6,8H2,1H3/t10-,11-/m1/s1. The van der Waals surface area contributed by atoms with Crippen molar-refractivity contribution in [2.75, 3.05) is 6.61 Å². The molecule has 1 aliphatic rings. The molecule has 0 bridgehead atoms. The van der Waals surface area contributed by atoms with Crippen LogP contribution in [0.3, 0.4) is 0 Å². The van der Waals surface area contributed by atoms with E-state index >= 15 is 0 Å². The Hall–Kier alpha value is -2.86. The van der Waals surface area contributed by atoms with Gasteiger partial charge in [0.25, 0.3) is 0 Å². The van der Waals surface area contributed by atoms with Gasteiger partial charge in [0.2, 0.25) is 0 Å². The number of fused-ring (bicyclic) bond motifs is 1. The van der Waals surface area contributed by atoms with Crippen molar-refractivity contribution in [3.8, 4) is 0 Å². The summed E-state index contributed by atoms with van der Waals surface area (Å²) in [6, 6.07) is 0.312. The predicted octanol–water partition coefficient (Wildman–Crippen LogP) is 2.74. The number of hydrogen-bond acceptors (Lipinski definition) is 5. The number of halogens is 6. The van der Waals surface area contributed by atoms with Gasteiger partial charge in [0.15, 0.2) is 0 Å². The fraction of sp³-hybridized carbons (Fsp3) is 0.529. The van der Waals surface area contributed by atoms with E-state index in [1.165, 1.54) is 6.92 Å². The van der Waals surface area contributed by atoms with Crippen LogP contribution in [0.15, 0.2) is 23.1 Å². The highest BCUT2D eigenvalue weighted by atomic mass is 19.4. The van der Waals surface area contributed by atoms with Crippen molar-refractivity contribution >= 4 is 5.97 Å². The summed E-state index contributed by atoms with van der Waals surface area (Å²) in [6.45, 7) is 1.07. The molecule has 0 amide bonds. The maximum Gasteiger partial charge on any atom is 0.433 e. The molecule has 0 spiro atoms. The van der Waals surface area contributed by atoms with E-state index in [0.29, 0.717) is 0 Å². The molecule has 3 rings (SSSR count). The average molecular weight is 438 g/mol. The maximum atomic E-state index is 13.3. The number of aromatic nitrogens is 4. The number of pyridine rings is 1. The van der Waals surface area contributed by atoms with Crippen molar-refractivity contribution in [3.63, 3.8) is 0 Å². The summed E-state index contributed by atoms with van der Waals surface area (Å²) in [5.41, 5.74) is -1.80. The first kappa shape index (κ1) is 21.8. The van der Waals surface area contributed by atoms with E-state index in [1.807, 2.05) is 0 Å². The van der Waals surface area contributed by atoms with Crippen LogP contribution in [0.25, 0.3) is 0 Å². The van der Waals surface area contributed by atoms with Gasteiger partial charge >= 0.3 is 24.0 Å². The Labute approximate surface area is 165 Å². The van der Waals surface area contributed by atoms with Gasteiger partial charge in [-0.15, -0.1) is 0 Å². The minimum absolute atomic E-state index is 0.0819. The SMILES string of the molecule is CCOC(=O)[C@H]1C[C@@H](C(F)(F)F)Cc2nn(Cc3ccc(C(F)(F)F)nc3)c(=O)n21. The molecule has 1 aliphatic heterocycles. The first-order valence-electron chi connectivity index (χ1n) is 8.85. The third-order valence-corrected chi connectivity index (χ3v) is 4.66. The number of ether oxygens (including phenoxy) is 1. The molecule has 0 unspecified atom stereocenters. The van der Waals surface area contributed by atoms with E-state index in [4.69, 9.17) is 4.74 Å². The molecule has 164 valence electrons. The Morgan fingerprint density at radius 1 is 1.23 bits per heavy atom. The molecule has 0 saturated carbocycles. The number of carbonyl (C=O) groups excluding carboxylic acids is 1. The van der Waals surface area contributed by atoms with Gasteiger partial charge in [0.1, 0.15) is 17.6 Å². The highest BCUT2D eigenvalue weighted by Crippen LogP contribution is 2.38. The van der Waals surface area contributed by atoms with Crippen molar-refractivity contribution < 1.29 is 35.9 Å². The Bertz CT molecular complexity index is 977. The summed E-state index contributed by atoms with van der Waals surface area (Å²) >= 11 is 0. The molecule has 0 N–H and O–H groups in total. The summed E-state index contributed by atoms with van der Waals surface area (Å²) in [6.07, 6.45) is -9.61. The zero-order valence-electron chi connectivity index (χ0n) is 15.5. The second-order valence-corrected chi connectivity index (χ2v) is 6.72. The van der Waals surface area contributed by atoms with E-state index in [-0.39, 0.29) is 24.5 Å². The zero-order valence-corrected chi connectivity index (χ0v) is 15.5. The summed E-state index contributed by atoms with van der Waals surface area (Å²) < 4.78 is 84.1. The van der Waals surface area contributed by atoms with Crippen molar-refractivity contribution in [1.29, 1.82) is 0 Å². The smallest absolute Gasteiger partial charge is 0.433 e. The third kappa shape index (κ3) is 4.33.